The lowest BCUT2D eigenvalue weighted by Gasteiger charge is -2.29. The van der Waals surface area contributed by atoms with Gasteiger partial charge in [-0.05, 0) is 67.8 Å². The molecule has 0 aromatic heterocycles. The van der Waals surface area contributed by atoms with Crippen LogP contribution in [0.2, 0.25) is 0 Å². The number of carbonyl (C=O) groups is 2. The lowest BCUT2D eigenvalue weighted by molar-refractivity contribution is -0.119. The van der Waals surface area contributed by atoms with E-state index in [1.165, 1.54) is 48.2 Å². The average molecular weight is 420 g/mol. The standard InChI is InChI=1S/C21H22F2N2O3S/c22-14-4-8-16(9-5-14)25-21(27)28-18-3-1-2-17(12-18)24-20(26)13-29-19-10-6-15(23)7-11-19/h4-11,17-18H,1-3,12-13H2,(H,24,26)(H,25,27). The molecule has 0 heterocycles. The molecule has 1 aliphatic carbocycles. The van der Waals surface area contributed by atoms with Crippen LogP contribution in [-0.4, -0.2) is 29.9 Å². The van der Waals surface area contributed by atoms with Crippen LogP contribution in [0.25, 0.3) is 0 Å². The molecule has 0 saturated heterocycles. The Morgan fingerprint density at radius 2 is 1.66 bits per heavy atom. The van der Waals surface area contributed by atoms with E-state index < -0.39 is 6.09 Å². The smallest absolute Gasteiger partial charge is 0.411 e. The van der Waals surface area contributed by atoms with Gasteiger partial charge >= 0.3 is 6.09 Å². The fraction of sp³-hybridized carbons (Fsp3) is 0.333. The van der Waals surface area contributed by atoms with Crippen molar-refractivity contribution in [2.45, 2.75) is 42.7 Å². The molecule has 8 heteroatoms. The first-order valence-corrected chi connectivity index (χ1v) is 10.4. The molecule has 1 saturated carbocycles. The summed E-state index contributed by atoms with van der Waals surface area (Å²) in [5.41, 5.74) is 0.454. The number of carbonyl (C=O) groups excluding carboxylic acids is 2. The predicted molar refractivity (Wildman–Crippen MR) is 108 cm³/mol. The Labute approximate surface area is 172 Å². The lowest BCUT2D eigenvalue weighted by atomic mass is 9.93. The second kappa shape index (κ2) is 10.2. The number of benzene rings is 2. The van der Waals surface area contributed by atoms with Gasteiger partial charge in [-0.1, -0.05) is 0 Å². The quantitative estimate of drug-likeness (QED) is 0.663. The number of hydrogen-bond acceptors (Lipinski definition) is 4. The number of hydrogen-bond donors (Lipinski definition) is 2. The minimum Gasteiger partial charge on any atom is -0.446 e. The van der Waals surface area contributed by atoms with Crippen LogP contribution < -0.4 is 10.6 Å². The highest BCUT2D eigenvalue weighted by Gasteiger charge is 2.26. The van der Waals surface area contributed by atoms with Gasteiger partial charge in [-0.15, -0.1) is 11.8 Å². The number of anilines is 1. The van der Waals surface area contributed by atoms with Gasteiger partial charge in [0.2, 0.25) is 5.91 Å². The zero-order chi connectivity index (χ0) is 20.6. The Bertz CT molecular complexity index is 831. The van der Waals surface area contributed by atoms with E-state index in [2.05, 4.69) is 10.6 Å². The molecular weight excluding hydrogens is 398 g/mol. The molecule has 2 atom stereocenters. The van der Waals surface area contributed by atoms with Crippen LogP contribution in [-0.2, 0) is 9.53 Å². The van der Waals surface area contributed by atoms with Gasteiger partial charge in [0.1, 0.15) is 17.7 Å². The van der Waals surface area contributed by atoms with Crippen molar-refractivity contribution in [2.75, 3.05) is 11.1 Å². The summed E-state index contributed by atoms with van der Waals surface area (Å²) in [7, 11) is 0. The van der Waals surface area contributed by atoms with Gasteiger partial charge in [0.05, 0.1) is 5.75 Å². The molecule has 0 radical (unpaired) electrons. The van der Waals surface area contributed by atoms with E-state index in [1.807, 2.05) is 0 Å². The first-order valence-electron chi connectivity index (χ1n) is 9.39. The molecule has 5 nitrogen and oxygen atoms in total. The molecule has 1 aliphatic rings. The maximum atomic E-state index is 12.9. The molecular formula is C21H22F2N2O3S. The monoisotopic (exact) mass is 420 g/mol. The predicted octanol–water partition coefficient (Wildman–Crippen LogP) is 4.73. The molecule has 2 unspecified atom stereocenters. The molecule has 0 aliphatic heterocycles. The van der Waals surface area contributed by atoms with Crippen molar-refractivity contribution in [3.8, 4) is 0 Å². The van der Waals surface area contributed by atoms with Gasteiger partial charge in [0.25, 0.3) is 0 Å². The minimum atomic E-state index is -0.597. The molecule has 154 valence electrons. The van der Waals surface area contributed by atoms with E-state index in [9.17, 15) is 18.4 Å². The Kier molecular flexibility index (Phi) is 7.46. The van der Waals surface area contributed by atoms with E-state index in [0.29, 0.717) is 12.1 Å². The summed E-state index contributed by atoms with van der Waals surface area (Å²) < 4.78 is 31.3. The number of thioether (sulfide) groups is 1. The highest BCUT2D eigenvalue weighted by molar-refractivity contribution is 8.00. The van der Waals surface area contributed by atoms with Gasteiger partial charge in [-0.2, -0.15) is 0 Å². The number of ether oxygens (including phenoxy) is 1. The van der Waals surface area contributed by atoms with Crippen LogP contribution in [0.4, 0.5) is 19.3 Å². The topological polar surface area (TPSA) is 67.4 Å². The summed E-state index contributed by atoms with van der Waals surface area (Å²) in [6.45, 7) is 0. The third kappa shape index (κ3) is 7.05. The van der Waals surface area contributed by atoms with Gasteiger partial charge in [0, 0.05) is 23.0 Å². The summed E-state index contributed by atoms with van der Waals surface area (Å²) in [6, 6.07) is 11.4. The maximum Gasteiger partial charge on any atom is 0.411 e. The second-order valence-electron chi connectivity index (χ2n) is 6.83. The summed E-state index contributed by atoms with van der Waals surface area (Å²) in [4.78, 5) is 25.0. The van der Waals surface area contributed by atoms with E-state index in [-0.39, 0.29) is 35.4 Å². The van der Waals surface area contributed by atoms with Gasteiger partial charge in [-0.3, -0.25) is 10.1 Å². The molecule has 2 aromatic rings. The van der Waals surface area contributed by atoms with Crippen molar-refractivity contribution in [1.82, 2.24) is 5.32 Å². The van der Waals surface area contributed by atoms with Crippen molar-refractivity contribution < 1.29 is 23.1 Å². The van der Waals surface area contributed by atoms with Crippen molar-refractivity contribution >= 4 is 29.4 Å². The molecule has 2 aromatic carbocycles. The van der Waals surface area contributed by atoms with E-state index >= 15 is 0 Å². The first kappa shape index (κ1) is 21.1. The SMILES string of the molecule is O=C(CSc1ccc(F)cc1)NC1CCCC(OC(=O)Nc2ccc(F)cc2)C1. The molecule has 0 bridgehead atoms. The fourth-order valence-corrected chi connectivity index (χ4v) is 3.87. The van der Waals surface area contributed by atoms with Gasteiger partial charge in [0.15, 0.2) is 0 Å². The third-order valence-electron chi connectivity index (χ3n) is 4.54. The summed E-state index contributed by atoms with van der Waals surface area (Å²) in [5, 5.41) is 5.54. The molecule has 1 fully saturated rings. The first-order chi connectivity index (χ1) is 14.0. The number of halogens is 2. The third-order valence-corrected chi connectivity index (χ3v) is 5.55. The lowest BCUT2D eigenvalue weighted by Crippen LogP contribution is -2.42. The van der Waals surface area contributed by atoms with Crippen LogP contribution in [0.3, 0.4) is 0 Å². The van der Waals surface area contributed by atoms with Gasteiger partial charge < -0.3 is 10.1 Å². The van der Waals surface area contributed by atoms with Crippen molar-refractivity contribution in [3.63, 3.8) is 0 Å². The number of nitrogens with one attached hydrogen (secondary N) is 2. The second-order valence-corrected chi connectivity index (χ2v) is 7.88. The van der Waals surface area contributed by atoms with Crippen molar-refractivity contribution in [2.24, 2.45) is 0 Å². The normalized spacial score (nSPS) is 18.7. The Balaban J connectivity index is 1.41. The maximum absolute atomic E-state index is 12.9. The molecule has 2 N–H and O–H groups in total. The highest BCUT2D eigenvalue weighted by Crippen LogP contribution is 2.23. The van der Waals surface area contributed by atoms with Crippen molar-refractivity contribution in [1.29, 1.82) is 0 Å². The Hall–Kier alpha value is -2.61. The fourth-order valence-electron chi connectivity index (χ4n) is 3.16. The van der Waals surface area contributed by atoms with Crippen LogP contribution in [0.1, 0.15) is 25.7 Å². The van der Waals surface area contributed by atoms with Crippen LogP contribution in [0.5, 0.6) is 0 Å². The summed E-state index contributed by atoms with van der Waals surface area (Å²) in [5.74, 6) is -0.567. The molecule has 29 heavy (non-hydrogen) atoms. The molecule has 3 rings (SSSR count). The molecule has 2 amide bonds. The Morgan fingerprint density at radius 3 is 2.34 bits per heavy atom. The van der Waals surface area contributed by atoms with E-state index in [0.717, 1.165) is 24.2 Å². The summed E-state index contributed by atoms with van der Waals surface area (Å²) >= 11 is 1.34. The zero-order valence-corrected chi connectivity index (χ0v) is 16.5. The number of amides is 2. The van der Waals surface area contributed by atoms with Crippen molar-refractivity contribution in [3.05, 3.63) is 60.2 Å². The largest absolute Gasteiger partial charge is 0.446 e. The Morgan fingerprint density at radius 1 is 1.00 bits per heavy atom. The van der Waals surface area contributed by atoms with Gasteiger partial charge in [-0.25, -0.2) is 13.6 Å². The molecule has 0 spiro atoms. The van der Waals surface area contributed by atoms with Crippen LogP contribution in [0, 0.1) is 11.6 Å². The van der Waals surface area contributed by atoms with Crippen LogP contribution >= 0.6 is 11.8 Å². The highest BCUT2D eigenvalue weighted by atomic mass is 32.2. The summed E-state index contributed by atoms with van der Waals surface area (Å²) in [6.07, 6.45) is 2.05. The van der Waals surface area contributed by atoms with Crippen LogP contribution in [0.15, 0.2) is 53.4 Å². The van der Waals surface area contributed by atoms with E-state index in [1.54, 1.807) is 12.1 Å². The van der Waals surface area contributed by atoms with E-state index in [4.69, 9.17) is 4.74 Å². The average Bonchev–Trinajstić information content (AvgIpc) is 2.69. The number of rotatable bonds is 6. The zero-order valence-electron chi connectivity index (χ0n) is 15.7. The minimum absolute atomic E-state index is 0.0614.